The molecule has 3 rings (SSSR count). The van der Waals surface area contributed by atoms with Crippen molar-refractivity contribution in [3.63, 3.8) is 0 Å². The van der Waals surface area contributed by atoms with Crippen molar-refractivity contribution in [2.45, 2.75) is 19.3 Å². The van der Waals surface area contributed by atoms with E-state index in [0.29, 0.717) is 6.42 Å². The van der Waals surface area contributed by atoms with Crippen LogP contribution in [-0.2, 0) is 6.42 Å². The fourth-order valence-corrected chi connectivity index (χ4v) is 2.97. The molecule has 0 spiro atoms. The van der Waals surface area contributed by atoms with Crippen LogP contribution in [0.1, 0.15) is 29.5 Å². The lowest BCUT2D eigenvalue weighted by molar-refractivity contribution is -0.417. The van der Waals surface area contributed by atoms with E-state index in [2.05, 4.69) is 11.8 Å². The van der Waals surface area contributed by atoms with E-state index in [-0.39, 0.29) is 5.82 Å². The summed E-state index contributed by atoms with van der Waals surface area (Å²) in [6.45, 7) is 0. The number of hydrogen-bond acceptors (Lipinski definition) is 1. The first-order chi connectivity index (χ1) is 11.6. The Morgan fingerprint density at radius 1 is 1.17 bits per heavy atom. The smallest absolute Gasteiger partial charge is 0.177 e. The molecule has 0 amide bonds. The number of allylic oxidation sites excluding steroid dienone is 2. The lowest BCUT2D eigenvalue weighted by Gasteiger charge is -2.20. The Morgan fingerprint density at radius 2 is 1.96 bits per heavy atom. The van der Waals surface area contributed by atoms with E-state index in [0.717, 1.165) is 45.4 Å². The molecule has 24 heavy (non-hydrogen) atoms. The van der Waals surface area contributed by atoms with Gasteiger partial charge in [-0.15, -0.1) is 0 Å². The monoisotopic (exact) mass is 319 g/mol. The molecule has 2 aromatic rings. The molecule has 0 aliphatic heterocycles. The minimum atomic E-state index is -0.265. The molecule has 1 aliphatic rings. The SMILES string of the molecule is C/[N+]([O-])=C/C1=C(CC#Cc2ccccc2)c2cc(F)ccc2CC1. The van der Waals surface area contributed by atoms with Crippen molar-refractivity contribution in [1.82, 2.24) is 0 Å². The molecule has 0 radical (unpaired) electrons. The Hall–Kier alpha value is -2.86. The average Bonchev–Trinajstić information content (AvgIpc) is 2.57. The second-order valence-electron chi connectivity index (χ2n) is 5.83. The number of hydroxylamine groups is 1. The predicted octanol–water partition coefficient (Wildman–Crippen LogP) is 4.18. The van der Waals surface area contributed by atoms with E-state index in [4.69, 9.17) is 0 Å². The third-order valence-corrected chi connectivity index (χ3v) is 4.06. The maximum atomic E-state index is 13.7. The van der Waals surface area contributed by atoms with Crippen LogP contribution in [0.3, 0.4) is 0 Å². The van der Waals surface area contributed by atoms with Gasteiger partial charge in [0.25, 0.3) is 0 Å². The van der Waals surface area contributed by atoms with Gasteiger partial charge in [0.05, 0.1) is 0 Å². The van der Waals surface area contributed by atoms with E-state index < -0.39 is 0 Å². The van der Waals surface area contributed by atoms with Crippen molar-refractivity contribution >= 4 is 11.8 Å². The molecule has 0 aromatic heterocycles. The summed E-state index contributed by atoms with van der Waals surface area (Å²) in [6.07, 6.45) is 3.65. The second kappa shape index (κ2) is 7.14. The lowest BCUT2D eigenvalue weighted by Crippen LogP contribution is -2.10. The maximum absolute atomic E-state index is 13.7. The van der Waals surface area contributed by atoms with Crippen LogP contribution >= 0.6 is 0 Å². The third-order valence-electron chi connectivity index (χ3n) is 4.06. The van der Waals surface area contributed by atoms with Gasteiger partial charge in [0.1, 0.15) is 12.9 Å². The van der Waals surface area contributed by atoms with Crippen molar-refractivity contribution in [3.05, 3.63) is 81.8 Å². The van der Waals surface area contributed by atoms with E-state index in [1.54, 1.807) is 12.3 Å². The summed E-state index contributed by atoms with van der Waals surface area (Å²) in [5.41, 5.74) is 4.81. The highest BCUT2D eigenvalue weighted by Gasteiger charge is 2.19. The van der Waals surface area contributed by atoms with Crippen LogP contribution in [0.5, 0.6) is 0 Å². The standard InChI is InChI=1S/C21H18FNO/c1-23(24)15-18-11-10-17-12-13-19(22)14-21(17)20(18)9-5-8-16-6-3-2-4-7-16/h2-4,6-7,12-15H,9-11H2,1H3/b23-15-. The van der Waals surface area contributed by atoms with Crippen LogP contribution < -0.4 is 0 Å². The number of rotatable bonds is 2. The Morgan fingerprint density at radius 3 is 2.71 bits per heavy atom. The predicted molar refractivity (Wildman–Crippen MR) is 95.2 cm³/mol. The molecule has 0 N–H and O–H groups in total. The van der Waals surface area contributed by atoms with Crippen molar-refractivity contribution < 1.29 is 9.13 Å². The zero-order valence-corrected chi connectivity index (χ0v) is 13.6. The van der Waals surface area contributed by atoms with Crippen molar-refractivity contribution in [2.75, 3.05) is 7.05 Å². The fourth-order valence-electron chi connectivity index (χ4n) is 2.97. The molecular formula is C21H18FNO. The Kier molecular flexibility index (Phi) is 4.77. The van der Waals surface area contributed by atoms with E-state index in [1.807, 2.05) is 36.4 Å². The van der Waals surface area contributed by atoms with Gasteiger partial charge in [0.15, 0.2) is 6.21 Å². The largest absolute Gasteiger partial charge is 0.624 e. The Bertz CT molecular complexity index is 866. The summed E-state index contributed by atoms with van der Waals surface area (Å²) in [5, 5.41) is 11.4. The molecule has 0 unspecified atom stereocenters. The van der Waals surface area contributed by atoms with Gasteiger partial charge in [0.2, 0.25) is 0 Å². The van der Waals surface area contributed by atoms with Crippen LogP contribution in [-0.4, -0.2) is 18.0 Å². The maximum Gasteiger partial charge on any atom is 0.177 e. The van der Waals surface area contributed by atoms with E-state index in [9.17, 15) is 9.60 Å². The van der Waals surface area contributed by atoms with Gasteiger partial charge in [-0.1, -0.05) is 36.1 Å². The molecule has 1 aliphatic carbocycles. The Labute approximate surface area is 141 Å². The number of benzene rings is 2. The normalized spacial score (nSPS) is 14.0. The summed E-state index contributed by atoms with van der Waals surface area (Å²) in [6, 6.07) is 14.6. The van der Waals surface area contributed by atoms with E-state index in [1.165, 1.54) is 13.1 Å². The molecule has 0 bridgehead atoms. The van der Waals surface area contributed by atoms with Gasteiger partial charge in [-0.05, 0) is 53.8 Å². The number of nitrogens with zero attached hydrogens (tertiary/aromatic N) is 1. The molecule has 0 saturated heterocycles. The topological polar surface area (TPSA) is 26.1 Å². The zero-order chi connectivity index (χ0) is 16.9. The quantitative estimate of drug-likeness (QED) is 0.268. The molecule has 0 heterocycles. The molecular weight excluding hydrogens is 301 g/mol. The van der Waals surface area contributed by atoms with E-state index >= 15 is 0 Å². The molecule has 120 valence electrons. The fraction of sp³-hybridized carbons (Fsp3) is 0.190. The van der Waals surface area contributed by atoms with Crippen LogP contribution in [0.4, 0.5) is 4.39 Å². The molecule has 0 atom stereocenters. The van der Waals surface area contributed by atoms with Crippen molar-refractivity contribution in [2.24, 2.45) is 0 Å². The van der Waals surface area contributed by atoms with Gasteiger partial charge in [0, 0.05) is 17.6 Å². The second-order valence-corrected chi connectivity index (χ2v) is 5.83. The number of fused-ring (bicyclic) bond motifs is 1. The summed E-state index contributed by atoms with van der Waals surface area (Å²) in [4.78, 5) is 0. The highest BCUT2D eigenvalue weighted by atomic mass is 19.1. The zero-order valence-electron chi connectivity index (χ0n) is 13.6. The number of aryl methyl sites for hydroxylation is 1. The van der Waals surface area contributed by atoms with Gasteiger partial charge < -0.3 is 5.21 Å². The molecule has 2 nitrogen and oxygen atoms in total. The summed E-state index contributed by atoms with van der Waals surface area (Å²) < 4.78 is 14.5. The van der Waals surface area contributed by atoms with Crippen LogP contribution in [0.2, 0.25) is 0 Å². The van der Waals surface area contributed by atoms with Crippen LogP contribution in [0, 0.1) is 22.9 Å². The van der Waals surface area contributed by atoms with Gasteiger partial charge in [-0.3, -0.25) is 0 Å². The highest BCUT2D eigenvalue weighted by molar-refractivity contribution is 5.91. The van der Waals surface area contributed by atoms with Crippen LogP contribution in [0.15, 0.2) is 54.1 Å². The lowest BCUT2D eigenvalue weighted by atomic mass is 9.84. The molecule has 3 heteroatoms. The first-order valence-electron chi connectivity index (χ1n) is 7.93. The molecule has 0 fully saturated rings. The highest BCUT2D eigenvalue weighted by Crippen LogP contribution is 2.33. The van der Waals surface area contributed by atoms with Gasteiger partial charge in [-0.2, -0.15) is 0 Å². The van der Waals surface area contributed by atoms with Crippen molar-refractivity contribution in [1.29, 1.82) is 0 Å². The average molecular weight is 319 g/mol. The summed E-state index contributed by atoms with van der Waals surface area (Å²) in [7, 11) is 1.46. The minimum Gasteiger partial charge on any atom is -0.624 e. The third kappa shape index (κ3) is 3.72. The first kappa shape index (κ1) is 16.0. The number of hydrogen-bond donors (Lipinski definition) is 0. The minimum absolute atomic E-state index is 0.265. The van der Waals surface area contributed by atoms with Gasteiger partial charge >= 0.3 is 0 Å². The van der Waals surface area contributed by atoms with Crippen molar-refractivity contribution in [3.8, 4) is 11.8 Å². The first-order valence-corrected chi connectivity index (χ1v) is 7.93. The molecule has 2 aromatic carbocycles. The summed E-state index contributed by atoms with van der Waals surface area (Å²) >= 11 is 0. The Balaban J connectivity index is 1.99. The summed E-state index contributed by atoms with van der Waals surface area (Å²) in [5.74, 6) is 6.03. The molecule has 0 saturated carbocycles. The van der Waals surface area contributed by atoms with Crippen LogP contribution in [0.25, 0.3) is 5.57 Å². The number of halogens is 1. The van der Waals surface area contributed by atoms with Gasteiger partial charge in [-0.25, -0.2) is 9.13 Å².